The second kappa shape index (κ2) is 6.70. The predicted octanol–water partition coefficient (Wildman–Crippen LogP) is 2.67. The van der Waals surface area contributed by atoms with Gasteiger partial charge in [0.1, 0.15) is 0 Å². The van der Waals surface area contributed by atoms with E-state index in [0.717, 1.165) is 16.8 Å². The number of amides is 1. The third-order valence-electron chi connectivity index (χ3n) is 3.24. The molecule has 7 heteroatoms. The van der Waals surface area contributed by atoms with Gasteiger partial charge in [0, 0.05) is 5.54 Å². The van der Waals surface area contributed by atoms with Crippen molar-refractivity contribution in [2.24, 2.45) is 0 Å². The summed E-state index contributed by atoms with van der Waals surface area (Å²) in [5.41, 5.74) is 2.88. The molecule has 0 saturated carbocycles. The van der Waals surface area contributed by atoms with E-state index in [2.05, 4.69) is 20.8 Å². The number of carbonyl (C=O) groups is 1. The number of thioether (sulfide) groups is 1. The molecule has 23 heavy (non-hydrogen) atoms. The summed E-state index contributed by atoms with van der Waals surface area (Å²) in [5.74, 6) is -0.0291. The minimum atomic E-state index is -0.289. The van der Waals surface area contributed by atoms with Gasteiger partial charge >= 0.3 is 0 Å². The lowest BCUT2D eigenvalue weighted by molar-refractivity contribution is -0.121. The SMILES string of the molecule is Cc1cccc(C)c1-n1nnnc1S[C@@H](C)C(=O)NC(C)(C)C. The Hall–Kier alpha value is -1.89. The van der Waals surface area contributed by atoms with Crippen LogP contribution >= 0.6 is 11.8 Å². The zero-order valence-electron chi connectivity index (χ0n) is 14.4. The summed E-state index contributed by atoms with van der Waals surface area (Å²) < 4.78 is 1.70. The lowest BCUT2D eigenvalue weighted by Gasteiger charge is -2.22. The largest absolute Gasteiger partial charge is 0.351 e. The van der Waals surface area contributed by atoms with Gasteiger partial charge < -0.3 is 5.32 Å². The molecule has 1 amide bonds. The van der Waals surface area contributed by atoms with Crippen LogP contribution in [0, 0.1) is 13.8 Å². The maximum atomic E-state index is 12.3. The Labute approximate surface area is 141 Å². The molecule has 1 aromatic carbocycles. The van der Waals surface area contributed by atoms with Crippen molar-refractivity contribution in [2.45, 2.75) is 57.5 Å². The number of para-hydroxylation sites is 1. The number of hydrogen-bond acceptors (Lipinski definition) is 5. The minimum Gasteiger partial charge on any atom is -0.351 e. The van der Waals surface area contributed by atoms with Crippen LogP contribution in [0.4, 0.5) is 0 Å². The molecule has 0 fully saturated rings. The average molecular weight is 333 g/mol. The molecule has 0 bridgehead atoms. The Balaban J connectivity index is 2.24. The van der Waals surface area contributed by atoms with Crippen LogP contribution < -0.4 is 5.32 Å². The van der Waals surface area contributed by atoms with E-state index in [4.69, 9.17) is 0 Å². The van der Waals surface area contributed by atoms with E-state index in [1.54, 1.807) is 4.68 Å². The summed E-state index contributed by atoms with van der Waals surface area (Å²) in [6.45, 7) is 11.8. The van der Waals surface area contributed by atoms with Crippen LogP contribution in [0.3, 0.4) is 0 Å². The van der Waals surface area contributed by atoms with Crippen LogP contribution in [-0.4, -0.2) is 36.9 Å². The van der Waals surface area contributed by atoms with Crippen molar-refractivity contribution in [3.05, 3.63) is 29.3 Å². The van der Waals surface area contributed by atoms with Gasteiger partial charge in [-0.3, -0.25) is 4.79 Å². The molecule has 6 nitrogen and oxygen atoms in total. The van der Waals surface area contributed by atoms with Crippen LogP contribution in [0.5, 0.6) is 0 Å². The first kappa shape index (κ1) is 17.5. The Kier molecular flexibility index (Phi) is 5.09. The van der Waals surface area contributed by atoms with Gasteiger partial charge in [-0.2, -0.15) is 4.68 Å². The van der Waals surface area contributed by atoms with Crippen molar-refractivity contribution in [3.8, 4) is 5.69 Å². The van der Waals surface area contributed by atoms with Crippen molar-refractivity contribution < 1.29 is 4.79 Å². The Bertz CT molecular complexity index is 684. The molecule has 1 atom stereocenters. The number of nitrogens with zero attached hydrogens (tertiary/aromatic N) is 4. The Morgan fingerprint density at radius 3 is 2.43 bits per heavy atom. The second-order valence-corrected chi connectivity index (χ2v) is 7.92. The van der Waals surface area contributed by atoms with Gasteiger partial charge in [0.15, 0.2) is 0 Å². The summed E-state index contributed by atoms with van der Waals surface area (Å²) in [4.78, 5) is 12.3. The third-order valence-corrected chi connectivity index (χ3v) is 4.27. The molecule has 2 rings (SSSR count). The van der Waals surface area contributed by atoms with Crippen LogP contribution in [0.15, 0.2) is 23.4 Å². The highest BCUT2D eigenvalue weighted by atomic mass is 32.2. The van der Waals surface area contributed by atoms with Crippen LogP contribution in [0.25, 0.3) is 5.69 Å². The van der Waals surface area contributed by atoms with Gasteiger partial charge in [-0.15, -0.1) is 5.10 Å². The molecule has 0 aliphatic carbocycles. The standard InChI is InChI=1S/C16H23N5OS/c1-10-8-7-9-11(2)13(10)21-15(18-19-20-21)23-12(3)14(22)17-16(4,5)6/h7-9,12H,1-6H3,(H,17,22)/t12-/m0/s1. The highest BCUT2D eigenvalue weighted by molar-refractivity contribution is 8.00. The van der Waals surface area contributed by atoms with Crippen LogP contribution in [-0.2, 0) is 4.79 Å². The van der Waals surface area contributed by atoms with Gasteiger partial charge in [0.2, 0.25) is 11.1 Å². The Morgan fingerprint density at radius 1 is 1.26 bits per heavy atom. The van der Waals surface area contributed by atoms with E-state index < -0.39 is 0 Å². The summed E-state index contributed by atoms with van der Waals surface area (Å²) in [5, 5.41) is 15.3. The summed E-state index contributed by atoms with van der Waals surface area (Å²) in [6, 6.07) is 6.05. The van der Waals surface area contributed by atoms with Crippen molar-refractivity contribution in [1.29, 1.82) is 0 Å². The number of aryl methyl sites for hydroxylation is 2. The number of hydrogen-bond donors (Lipinski definition) is 1. The highest BCUT2D eigenvalue weighted by Crippen LogP contribution is 2.26. The number of tetrazole rings is 1. The maximum absolute atomic E-state index is 12.3. The fourth-order valence-corrected chi connectivity index (χ4v) is 3.01. The fourth-order valence-electron chi connectivity index (χ4n) is 2.22. The number of benzene rings is 1. The molecule has 0 radical (unpaired) electrons. The number of nitrogens with one attached hydrogen (secondary N) is 1. The van der Waals surface area contributed by atoms with Crippen molar-refractivity contribution in [3.63, 3.8) is 0 Å². The van der Waals surface area contributed by atoms with Gasteiger partial charge in [0.25, 0.3) is 0 Å². The molecule has 124 valence electrons. The minimum absolute atomic E-state index is 0.0291. The van der Waals surface area contributed by atoms with E-state index in [-0.39, 0.29) is 16.7 Å². The van der Waals surface area contributed by atoms with E-state index in [0.29, 0.717) is 5.16 Å². The molecule has 1 aromatic heterocycles. The first-order valence-corrected chi connectivity index (χ1v) is 8.40. The number of rotatable bonds is 4. The van der Waals surface area contributed by atoms with Gasteiger partial charge in [-0.05, 0) is 63.1 Å². The molecule has 0 aliphatic heterocycles. The van der Waals surface area contributed by atoms with Gasteiger partial charge in [-0.25, -0.2) is 0 Å². The van der Waals surface area contributed by atoms with Crippen molar-refractivity contribution in [1.82, 2.24) is 25.5 Å². The molecule has 0 spiro atoms. The Morgan fingerprint density at radius 2 is 1.87 bits per heavy atom. The molecule has 1 N–H and O–H groups in total. The van der Waals surface area contributed by atoms with Gasteiger partial charge in [-0.1, -0.05) is 30.0 Å². The highest BCUT2D eigenvalue weighted by Gasteiger charge is 2.23. The van der Waals surface area contributed by atoms with E-state index in [9.17, 15) is 4.79 Å². The number of aromatic nitrogens is 4. The molecule has 0 saturated heterocycles. The molecule has 1 heterocycles. The fraction of sp³-hybridized carbons (Fsp3) is 0.500. The smallest absolute Gasteiger partial charge is 0.233 e. The van der Waals surface area contributed by atoms with E-state index in [1.807, 2.05) is 59.7 Å². The number of carbonyl (C=O) groups excluding carboxylic acids is 1. The lowest BCUT2D eigenvalue weighted by atomic mass is 10.1. The van der Waals surface area contributed by atoms with E-state index in [1.165, 1.54) is 11.8 Å². The summed E-state index contributed by atoms with van der Waals surface area (Å²) in [7, 11) is 0. The topological polar surface area (TPSA) is 72.7 Å². The van der Waals surface area contributed by atoms with Crippen molar-refractivity contribution in [2.75, 3.05) is 0 Å². The normalized spacial score (nSPS) is 13.0. The zero-order valence-corrected chi connectivity index (χ0v) is 15.2. The second-order valence-electron chi connectivity index (χ2n) is 6.61. The molecular weight excluding hydrogens is 310 g/mol. The zero-order chi connectivity index (χ0) is 17.2. The quantitative estimate of drug-likeness (QED) is 0.871. The average Bonchev–Trinajstić information content (AvgIpc) is 2.84. The lowest BCUT2D eigenvalue weighted by Crippen LogP contribution is -2.44. The van der Waals surface area contributed by atoms with E-state index >= 15 is 0 Å². The first-order valence-electron chi connectivity index (χ1n) is 7.52. The molecule has 0 unspecified atom stereocenters. The first-order chi connectivity index (χ1) is 10.7. The monoisotopic (exact) mass is 333 g/mol. The maximum Gasteiger partial charge on any atom is 0.233 e. The van der Waals surface area contributed by atoms with Crippen molar-refractivity contribution >= 4 is 17.7 Å². The van der Waals surface area contributed by atoms with Crippen LogP contribution in [0.1, 0.15) is 38.8 Å². The van der Waals surface area contributed by atoms with Crippen LogP contribution in [0.2, 0.25) is 0 Å². The molecule has 2 aromatic rings. The predicted molar refractivity (Wildman–Crippen MR) is 91.8 cm³/mol. The third kappa shape index (κ3) is 4.31. The summed E-state index contributed by atoms with van der Waals surface area (Å²) in [6.07, 6.45) is 0. The molecular formula is C16H23N5OS. The summed E-state index contributed by atoms with van der Waals surface area (Å²) >= 11 is 1.35. The van der Waals surface area contributed by atoms with Gasteiger partial charge in [0.05, 0.1) is 10.9 Å². The molecule has 0 aliphatic rings.